The smallest absolute Gasteiger partial charge is 0.307 e. The van der Waals surface area contributed by atoms with Gasteiger partial charge in [-0.05, 0) is 25.7 Å². The van der Waals surface area contributed by atoms with Gasteiger partial charge < -0.3 is 10.4 Å². The van der Waals surface area contributed by atoms with E-state index in [0.717, 1.165) is 32.1 Å². The minimum atomic E-state index is -0.805. The van der Waals surface area contributed by atoms with Crippen LogP contribution in [0.25, 0.3) is 0 Å². The SMILES string of the molecule is O=C(O)C1CCCCC1C(=O)NC1CCCCCC1. The van der Waals surface area contributed by atoms with Gasteiger partial charge in [-0.15, -0.1) is 0 Å². The van der Waals surface area contributed by atoms with E-state index in [1.165, 1.54) is 25.7 Å². The minimum Gasteiger partial charge on any atom is -0.481 e. The second kappa shape index (κ2) is 6.92. The Bertz CT molecular complexity index is 321. The first-order valence-electron chi connectivity index (χ1n) is 7.71. The fourth-order valence-electron chi connectivity index (χ4n) is 3.47. The van der Waals surface area contributed by atoms with Gasteiger partial charge in [0.25, 0.3) is 0 Å². The van der Waals surface area contributed by atoms with E-state index in [1.807, 2.05) is 0 Å². The first-order valence-corrected chi connectivity index (χ1v) is 7.71. The fourth-order valence-corrected chi connectivity index (χ4v) is 3.47. The standard InChI is InChI=1S/C15H25NO3/c17-14(16-11-7-3-1-2-4-8-11)12-9-5-6-10-13(12)15(18)19/h11-13H,1-10H2,(H,16,17)(H,18,19). The van der Waals surface area contributed by atoms with E-state index >= 15 is 0 Å². The third-order valence-electron chi connectivity index (χ3n) is 4.62. The summed E-state index contributed by atoms with van der Waals surface area (Å²) in [5, 5.41) is 12.3. The molecule has 0 aromatic rings. The van der Waals surface area contributed by atoms with Crippen molar-refractivity contribution < 1.29 is 14.7 Å². The quantitative estimate of drug-likeness (QED) is 0.773. The Morgan fingerprint density at radius 3 is 1.89 bits per heavy atom. The third-order valence-corrected chi connectivity index (χ3v) is 4.62. The molecule has 4 nitrogen and oxygen atoms in total. The molecule has 0 aromatic heterocycles. The lowest BCUT2D eigenvalue weighted by atomic mass is 9.78. The number of aliphatic carboxylic acids is 1. The summed E-state index contributed by atoms with van der Waals surface area (Å²) >= 11 is 0. The molecular weight excluding hydrogens is 242 g/mol. The summed E-state index contributed by atoms with van der Waals surface area (Å²) in [5.41, 5.74) is 0. The van der Waals surface area contributed by atoms with E-state index in [1.54, 1.807) is 0 Å². The number of amides is 1. The number of carboxylic acids is 1. The molecule has 2 aliphatic carbocycles. The van der Waals surface area contributed by atoms with Crippen molar-refractivity contribution in [3.63, 3.8) is 0 Å². The van der Waals surface area contributed by atoms with Crippen molar-refractivity contribution in [3.8, 4) is 0 Å². The van der Waals surface area contributed by atoms with E-state index in [4.69, 9.17) is 0 Å². The van der Waals surface area contributed by atoms with Crippen LogP contribution in [0.2, 0.25) is 0 Å². The molecule has 0 bridgehead atoms. The molecule has 4 heteroatoms. The normalized spacial score (nSPS) is 29.5. The van der Waals surface area contributed by atoms with Gasteiger partial charge >= 0.3 is 5.97 Å². The molecule has 0 saturated heterocycles. The summed E-state index contributed by atoms with van der Waals surface area (Å²) in [6, 6.07) is 0.270. The Balaban J connectivity index is 1.91. The van der Waals surface area contributed by atoms with Gasteiger partial charge in [0.05, 0.1) is 11.8 Å². The molecule has 108 valence electrons. The minimum absolute atomic E-state index is 0.0148. The molecule has 0 radical (unpaired) electrons. The summed E-state index contributed by atoms with van der Waals surface area (Å²) in [7, 11) is 0. The monoisotopic (exact) mass is 267 g/mol. The van der Waals surface area contributed by atoms with Crippen LogP contribution in [0.3, 0.4) is 0 Å². The van der Waals surface area contributed by atoms with Gasteiger partial charge in [0.15, 0.2) is 0 Å². The number of rotatable bonds is 3. The summed E-state index contributed by atoms with van der Waals surface area (Å²) < 4.78 is 0. The van der Waals surface area contributed by atoms with E-state index in [2.05, 4.69) is 5.32 Å². The van der Waals surface area contributed by atoms with Gasteiger partial charge in [-0.1, -0.05) is 38.5 Å². The Hall–Kier alpha value is -1.06. The Morgan fingerprint density at radius 1 is 0.789 bits per heavy atom. The molecule has 2 atom stereocenters. The second-order valence-corrected chi connectivity index (χ2v) is 6.03. The maximum atomic E-state index is 12.3. The van der Waals surface area contributed by atoms with Crippen LogP contribution >= 0.6 is 0 Å². The lowest BCUT2D eigenvalue weighted by Gasteiger charge is -2.29. The zero-order valence-electron chi connectivity index (χ0n) is 11.6. The Morgan fingerprint density at radius 2 is 1.32 bits per heavy atom. The van der Waals surface area contributed by atoms with Crippen LogP contribution in [0.4, 0.5) is 0 Å². The zero-order chi connectivity index (χ0) is 13.7. The van der Waals surface area contributed by atoms with E-state index in [-0.39, 0.29) is 17.9 Å². The molecule has 2 unspecified atom stereocenters. The zero-order valence-corrected chi connectivity index (χ0v) is 11.6. The van der Waals surface area contributed by atoms with Crippen molar-refractivity contribution in [2.75, 3.05) is 0 Å². The second-order valence-electron chi connectivity index (χ2n) is 6.03. The summed E-state index contributed by atoms with van der Waals surface area (Å²) in [5.74, 6) is -1.60. The highest BCUT2D eigenvalue weighted by atomic mass is 16.4. The van der Waals surface area contributed by atoms with Gasteiger partial charge in [-0.25, -0.2) is 0 Å². The van der Waals surface area contributed by atoms with Crippen molar-refractivity contribution in [2.24, 2.45) is 11.8 Å². The van der Waals surface area contributed by atoms with Crippen LogP contribution in [-0.4, -0.2) is 23.0 Å². The topological polar surface area (TPSA) is 66.4 Å². The molecule has 2 rings (SSSR count). The summed E-state index contributed by atoms with van der Waals surface area (Å²) in [4.78, 5) is 23.6. The number of carboxylic acid groups (broad SMARTS) is 1. The van der Waals surface area contributed by atoms with Crippen molar-refractivity contribution in [3.05, 3.63) is 0 Å². The molecule has 0 aliphatic heterocycles. The van der Waals surface area contributed by atoms with Gasteiger partial charge in [0, 0.05) is 6.04 Å². The molecule has 2 fully saturated rings. The first-order chi connectivity index (χ1) is 9.18. The Kier molecular flexibility index (Phi) is 5.23. The van der Waals surface area contributed by atoms with Gasteiger partial charge in [0.2, 0.25) is 5.91 Å². The van der Waals surface area contributed by atoms with Crippen LogP contribution in [0.1, 0.15) is 64.2 Å². The predicted molar refractivity (Wildman–Crippen MR) is 72.7 cm³/mol. The first kappa shape index (κ1) is 14.4. The van der Waals surface area contributed by atoms with Crippen LogP contribution in [-0.2, 0) is 9.59 Å². The maximum Gasteiger partial charge on any atom is 0.307 e. The molecule has 0 aromatic carbocycles. The highest BCUT2D eigenvalue weighted by Crippen LogP contribution is 2.31. The number of nitrogens with one attached hydrogen (secondary N) is 1. The van der Waals surface area contributed by atoms with Crippen LogP contribution in [0, 0.1) is 11.8 Å². The highest BCUT2D eigenvalue weighted by molar-refractivity contribution is 5.85. The number of hydrogen-bond acceptors (Lipinski definition) is 2. The van der Waals surface area contributed by atoms with E-state index in [0.29, 0.717) is 6.42 Å². The Labute approximate surface area is 115 Å². The molecular formula is C15H25NO3. The number of carbonyl (C=O) groups is 2. The largest absolute Gasteiger partial charge is 0.481 e. The van der Waals surface area contributed by atoms with E-state index < -0.39 is 11.9 Å². The molecule has 1 amide bonds. The average Bonchev–Trinajstić information content (AvgIpc) is 2.67. The summed E-state index contributed by atoms with van der Waals surface area (Å²) in [6.45, 7) is 0. The van der Waals surface area contributed by atoms with Gasteiger partial charge in [0.1, 0.15) is 0 Å². The lowest BCUT2D eigenvalue weighted by molar-refractivity contribution is -0.149. The lowest BCUT2D eigenvalue weighted by Crippen LogP contribution is -2.43. The van der Waals surface area contributed by atoms with Gasteiger partial charge in [-0.2, -0.15) is 0 Å². The van der Waals surface area contributed by atoms with Gasteiger partial charge in [-0.3, -0.25) is 9.59 Å². The average molecular weight is 267 g/mol. The van der Waals surface area contributed by atoms with Crippen LogP contribution in [0.15, 0.2) is 0 Å². The summed E-state index contributed by atoms with van der Waals surface area (Å²) in [6.07, 6.45) is 10.3. The van der Waals surface area contributed by atoms with Crippen LogP contribution < -0.4 is 5.32 Å². The number of carbonyl (C=O) groups excluding carboxylic acids is 1. The van der Waals surface area contributed by atoms with Crippen molar-refractivity contribution in [2.45, 2.75) is 70.3 Å². The van der Waals surface area contributed by atoms with Crippen molar-refractivity contribution in [1.82, 2.24) is 5.32 Å². The van der Waals surface area contributed by atoms with Crippen molar-refractivity contribution in [1.29, 1.82) is 0 Å². The molecule has 0 spiro atoms. The van der Waals surface area contributed by atoms with Crippen molar-refractivity contribution >= 4 is 11.9 Å². The molecule has 0 heterocycles. The predicted octanol–water partition coefficient (Wildman–Crippen LogP) is 2.72. The number of hydrogen-bond donors (Lipinski definition) is 2. The molecule has 2 saturated carbocycles. The molecule has 2 aliphatic rings. The molecule has 2 N–H and O–H groups in total. The molecule has 19 heavy (non-hydrogen) atoms. The maximum absolute atomic E-state index is 12.3. The third kappa shape index (κ3) is 3.95. The van der Waals surface area contributed by atoms with Crippen LogP contribution in [0.5, 0.6) is 0 Å². The fraction of sp³-hybridized carbons (Fsp3) is 0.867. The van der Waals surface area contributed by atoms with E-state index in [9.17, 15) is 14.7 Å². The highest BCUT2D eigenvalue weighted by Gasteiger charge is 2.36.